The molecule has 0 saturated carbocycles. The van der Waals surface area contributed by atoms with Crippen molar-refractivity contribution in [1.29, 1.82) is 0 Å². The Morgan fingerprint density at radius 2 is 1.86 bits per heavy atom. The molecule has 0 saturated heterocycles. The molecule has 3 nitrogen and oxygen atoms in total. The first kappa shape index (κ1) is 13.7. The molecular weight excluding hydrogens is 260 g/mol. The molecule has 3 aromatic rings. The van der Waals surface area contributed by atoms with E-state index in [0.717, 1.165) is 23.3 Å². The maximum Gasteiger partial charge on any atom is 0.220 e. The summed E-state index contributed by atoms with van der Waals surface area (Å²) in [5.41, 5.74) is 3.41. The molecule has 1 heterocycles. The molecule has 0 fully saturated rings. The summed E-state index contributed by atoms with van der Waals surface area (Å²) >= 11 is 0. The topological polar surface area (TPSA) is 27.1 Å². The number of aryl methyl sites for hydroxylation is 1. The average molecular weight is 280 g/mol. The van der Waals surface area contributed by atoms with Crippen molar-refractivity contribution >= 4 is 10.9 Å². The van der Waals surface area contributed by atoms with Crippen LogP contribution < -0.4 is 4.74 Å². The van der Waals surface area contributed by atoms with Crippen LogP contribution in [-0.2, 0) is 6.54 Å². The van der Waals surface area contributed by atoms with Gasteiger partial charge in [-0.05, 0) is 38.5 Å². The first-order valence-electron chi connectivity index (χ1n) is 7.31. The highest BCUT2D eigenvalue weighted by molar-refractivity contribution is 5.85. The lowest BCUT2D eigenvalue weighted by atomic mass is 10.2. The third-order valence-corrected chi connectivity index (χ3v) is 3.37. The van der Waals surface area contributed by atoms with Crippen LogP contribution in [0.2, 0.25) is 0 Å². The minimum atomic E-state index is 0.125. The van der Waals surface area contributed by atoms with Crippen molar-refractivity contribution in [2.45, 2.75) is 33.4 Å². The number of aromatic nitrogens is 2. The van der Waals surface area contributed by atoms with Gasteiger partial charge in [-0.15, -0.1) is 0 Å². The Kier molecular flexibility index (Phi) is 3.65. The minimum absolute atomic E-state index is 0.125. The van der Waals surface area contributed by atoms with Crippen molar-refractivity contribution in [3.8, 4) is 5.88 Å². The molecule has 0 atom stereocenters. The van der Waals surface area contributed by atoms with Crippen LogP contribution in [0.5, 0.6) is 5.88 Å². The summed E-state index contributed by atoms with van der Waals surface area (Å²) in [6.07, 6.45) is 0.125. The normalized spacial score (nSPS) is 11.2. The van der Waals surface area contributed by atoms with Crippen LogP contribution in [0, 0.1) is 6.92 Å². The molecule has 0 aliphatic rings. The van der Waals surface area contributed by atoms with Crippen LogP contribution in [-0.4, -0.2) is 15.9 Å². The van der Waals surface area contributed by atoms with Crippen LogP contribution in [0.4, 0.5) is 0 Å². The van der Waals surface area contributed by atoms with Gasteiger partial charge in [-0.25, -0.2) is 4.68 Å². The standard InChI is InChI=1S/C18H20N2O/c1-13(2)21-18-16-11-14(3)9-10-17(16)19-20(18)12-15-7-5-4-6-8-15/h4-11,13H,12H2,1-3H3. The zero-order chi connectivity index (χ0) is 14.8. The van der Waals surface area contributed by atoms with Crippen molar-refractivity contribution in [2.75, 3.05) is 0 Å². The first-order chi connectivity index (χ1) is 10.1. The van der Waals surface area contributed by atoms with Crippen LogP contribution in [0.1, 0.15) is 25.0 Å². The number of fused-ring (bicyclic) bond motifs is 1. The number of ether oxygens (including phenoxy) is 1. The highest BCUT2D eigenvalue weighted by Gasteiger charge is 2.14. The van der Waals surface area contributed by atoms with E-state index < -0.39 is 0 Å². The Morgan fingerprint density at radius 3 is 2.57 bits per heavy atom. The van der Waals surface area contributed by atoms with Crippen LogP contribution >= 0.6 is 0 Å². The fourth-order valence-corrected chi connectivity index (χ4v) is 2.43. The van der Waals surface area contributed by atoms with Crippen LogP contribution in [0.3, 0.4) is 0 Å². The SMILES string of the molecule is Cc1ccc2nn(Cc3ccccc3)c(OC(C)C)c2c1. The Labute approximate surface area is 125 Å². The van der Waals surface area contributed by atoms with E-state index >= 15 is 0 Å². The van der Waals surface area contributed by atoms with E-state index in [-0.39, 0.29) is 6.10 Å². The summed E-state index contributed by atoms with van der Waals surface area (Å²) in [5, 5.41) is 5.78. The Bertz CT molecular complexity index is 745. The second-order valence-electron chi connectivity index (χ2n) is 5.64. The Hall–Kier alpha value is -2.29. The van der Waals surface area contributed by atoms with E-state index in [0.29, 0.717) is 0 Å². The van der Waals surface area contributed by atoms with Crippen molar-refractivity contribution in [2.24, 2.45) is 0 Å². The molecule has 0 bridgehead atoms. The number of benzene rings is 2. The number of rotatable bonds is 4. The largest absolute Gasteiger partial charge is 0.475 e. The van der Waals surface area contributed by atoms with Gasteiger partial charge >= 0.3 is 0 Å². The molecule has 1 aromatic heterocycles. The van der Waals surface area contributed by atoms with Crippen LogP contribution in [0.25, 0.3) is 10.9 Å². The van der Waals surface area contributed by atoms with E-state index in [1.165, 1.54) is 11.1 Å². The van der Waals surface area contributed by atoms with Crippen molar-refractivity contribution in [3.05, 3.63) is 59.7 Å². The van der Waals surface area contributed by atoms with Gasteiger partial charge in [-0.1, -0.05) is 42.0 Å². The second kappa shape index (κ2) is 5.60. The summed E-state index contributed by atoms with van der Waals surface area (Å²) in [4.78, 5) is 0. The quantitative estimate of drug-likeness (QED) is 0.717. The van der Waals surface area contributed by atoms with Gasteiger partial charge in [0, 0.05) is 0 Å². The number of hydrogen-bond donors (Lipinski definition) is 0. The highest BCUT2D eigenvalue weighted by Crippen LogP contribution is 2.28. The first-order valence-corrected chi connectivity index (χ1v) is 7.31. The molecule has 0 unspecified atom stereocenters. The predicted octanol–water partition coefficient (Wildman–Crippen LogP) is 4.18. The fourth-order valence-electron chi connectivity index (χ4n) is 2.43. The van der Waals surface area contributed by atoms with Gasteiger partial charge in [-0.2, -0.15) is 5.10 Å². The maximum absolute atomic E-state index is 6.03. The van der Waals surface area contributed by atoms with Gasteiger partial charge in [0.25, 0.3) is 0 Å². The van der Waals surface area contributed by atoms with Gasteiger partial charge in [0.2, 0.25) is 5.88 Å². The van der Waals surface area contributed by atoms with Crippen LogP contribution in [0.15, 0.2) is 48.5 Å². The Balaban J connectivity index is 2.08. The van der Waals surface area contributed by atoms with E-state index in [2.05, 4.69) is 37.3 Å². The fraction of sp³-hybridized carbons (Fsp3) is 0.278. The van der Waals surface area contributed by atoms with Crippen molar-refractivity contribution in [3.63, 3.8) is 0 Å². The van der Waals surface area contributed by atoms with Crippen molar-refractivity contribution < 1.29 is 4.74 Å². The monoisotopic (exact) mass is 280 g/mol. The Morgan fingerprint density at radius 1 is 1.10 bits per heavy atom. The predicted molar refractivity (Wildman–Crippen MR) is 85.8 cm³/mol. The molecule has 0 spiro atoms. The third-order valence-electron chi connectivity index (χ3n) is 3.37. The van der Waals surface area contributed by atoms with E-state index in [1.54, 1.807) is 0 Å². The molecule has 0 aliphatic carbocycles. The molecule has 0 radical (unpaired) electrons. The third kappa shape index (κ3) is 2.92. The molecule has 108 valence electrons. The molecule has 21 heavy (non-hydrogen) atoms. The highest BCUT2D eigenvalue weighted by atomic mass is 16.5. The molecule has 3 rings (SSSR count). The van der Waals surface area contributed by atoms with Crippen molar-refractivity contribution in [1.82, 2.24) is 9.78 Å². The average Bonchev–Trinajstić information content (AvgIpc) is 2.77. The lowest BCUT2D eigenvalue weighted by molar-refractivity contribution is 0.222. The molecular formula is C18H20N2O. The number of nitrogens with zero attached hydrogens (tertiary/aromatic N) is 2. The van der Waals surface area contributed by atoms with Gasteiger partial charge in [-0.3, -0.25) is 0 Å². The summed E-state index contributed by atoms with van der Waals surface area (Å²) < 4.78 is 7.98. The molecule has 0 aliphatic heterocycles. The van der Waals surface area contributed by atoms with E-state index in [4.69, 9.17) is 9.84 Å². The van der Waals surface area contributed by atoms with Gasteiger partial charge < -0.3 is 4.74 Å². The molecule has 0 amide bonds. The second-order valence-corrected chi connectivity index (χ2v) is 5.64. The van der Waals surface area contributed by atoms with Gasteiger partial charge in [0.05, 0.1) is 23.6 Å². The lowest BCUT2D eigenvalue weighted by Crippen LogP contribution is -2.11. The summed E-state index contributed by atoms with van der Waals surface area (Å²) in [6.45, 7) is 6.90. The van der Waals surface area contributed by atoms with E-state index in [1.807, 2.05) is 36.7 Å². The van der Waals surface area contributed by atoms with E-state index in [9.17, 15) is 0 Å². The summed E-state index contributed by atoms with van der Waals surface area (Å²) in [6, 6.07) is 16.6. The minimum Gasteiger partial charge on any atom is -0.475 e. The molecule has 0 N–H and O–H groups in total. The summed E-state index contributed by atoms with van der Waals surface area (Å²) in [5.74, 6) is 0.854. The molecule has 2 aromatic carbocycles. The smallest absolute Gasteiger partial charge is 0.220 e. The zero-order valence-electron chi connectivity index (χ0n) is 12.7. The number of hydrogen-bond acceptors (Lipinski definition) is 2. The summed E-state index contributed by atoms with van der Waals surface area (Å²) in [7, 11) is 0. The van der Waals surface area contributed by atoms with Gasteiger partial charge in [0.1, 0.15) is 0 Å². The molecule has 3 heteroatoms. The zero-order valence-corrected chi connectivity index (χ0v) is 12.7. The van der Waals surface area contributed by atoms with Gasteiger partial charge in [0.15, 0.2) is 0 Å². The maximum atomic E-state index is 6.03. The lowest BCUT2D eigenvalue weighted by Gasteiger charge is -2.12.